The zero-order chi connectivity index (χ0) is 12.4. The van der Waals surface area contributed by atoms with Crippen LogP contribution in [0.5, 0.6) is 0 Å². The highest BCUT2D eigenvalue weighted by Crippen LogP contribution is 2.31. The van der Waals surface area contributed by atoms with Crippen LogP contribution in [0.15, 0.2) is 4.52 Å². The topological polar surface area (TPSA) is 71.2 Å². The third kappa shape index (κ3) is 2.57. The largest absolute Gasteiger partial charge is 0.392 e. The summed E-state index contributed by atoms with van der Waals surface area (Å²) in [6.07, 6.45) is 7.95. The lowest BCUT2D eigenvalue weighted by Crippen LogP contribution is -2.15. The lowest BCUT2D eigenvalue weighted by Gasteiger charge is -2.07. The Labute approximate surface area is 107 Å². The van der Waals surface area contributed by atoms with Gasteiger partial charge in [-0.1, -0.05) is 30.8 Å². The average molecular weight is 251 g/mol. The number of β-amino-alcohol motifs (C(OH)–C–C–N with tert-alkyl or cyclic N) is 1. The standard InChI is InChI=1S/C13H21N3O2/c17-10-7-11(14-8-10)13-15-12(16-18-13)9-5-3-1-2-4-6-9/h9-11,14,17H,1-8H2/t10-,11+/m0/s1. The highest BCUT2D eigenvalue weighted by atomic mass is 16.5. The summed E-state index contributed by atoms with van der Waals surface area (Å²) in [7, 11) is 0. The van der Waals surface area contributed by atoms with Gasteiger partial charge < -0.3 is 14.9 Å². The van der Waals surface area contributed by atoms with Crippen LogP contribution in [-0.4, -0.2) is 27.9 Å². The number of aromatic nitrogens is 2. The van der Waals surface area contributed by atoms with Crippen LogP contribution in [0.25, 0.3) is 0 Å². The normalized spacial score (nSPS) is 30.5. The van der Waals surface area contributed by atoms with Crippen LogP contribution in [0.3, 0.4) is 0 Å². The maximum absolute atomic E-state index is 9.50. The number of nitrogens with zero attached hydrogens (tertiary/aromatic N) is 2. The summed E-state index contributed by atoms with van der Waals surface area (Å²) < 4.78 is 5.36. The van der Waals surface area contributed by atoms with Crippen molar-refractivity contribution >= 4 is 0 Å². The molecule has 2 aliphatic rings. The molecule has 0 radical (unpaired) electrons. The fourth-order valence-corrected chi connectivity index (χ4v) is 3.00. The number of aliphatic hydroxyl groups excluding tert-OH is 1. The van der Waals surface area contributed by atoms with Crippen molar-refractivity contribution in [2.45, 2.75) is 63.0 Å². The molecule has 1 aliphatic carbocycles. The van der Waals surface area contributed by atoms with Crippen LogP contribution in [0.1, 0.15) is 68.6 Å². The van der Waals surface area contributed by atoms with Gasteiger partial charge in [-0.2, -0.15) is 4.98 Å². The predicted octanol–water partition coefficient (Wildman–Crippen LogP) is 1.90. The summed E-state index contributed by atoms with van der Waals surface area (Å²) in [6.45, 7) is 0.617. The van der Waals surface area contributed by atoms with E-state index in [1.807, 2.05) is 0 Å². The van der Waals surface area contributed by atoms with E-state index in [4.69, 9.17) is 4.52 Å². The molecule has 2 N–H and O–H groups in total. The molecule has 0 aromatic carbocycles. The Morgan fingerprint density at radius 2 is 1.94 bits per heavy atom. The molecule has 0 unspecified atom stereocenters. The van der Waals surface area contributed by atoms with E-state index in [2.05, 4.69) is 15.5 Å². The third-order valence-corrected chi connectivity index (χ3v) is 4.08. The van der Waals surface area contributed by atoms with Gasteiger partial charge in [0.15, 0.2) is 5.82 Å². The van der Waals surface area contributed by atoms with Gasteiger partial charge in [0.1, 0.15) is 0 Å². The van der Waals surface area contributed by atoms with E-state index < -0.39 is 0 Å². The lowest BCUT2D eigenvalue weighted by atomic mass is 10.00. The van der Waals surface area contributed by atoms with Crippen LogP contribution in [0.4, 0.5) is 0 Å². The van der Waals surface area contributed by atoms with Crippen molar-refractivity contribution in [3.05, 3.63) is 11.7 Å². The van der Waals surface area contributed by atoms with Gasteiger partial charge in [0.2, 0.25) is 5.89 Å². The molecule has 2 heterocycles. The van der Waals surface area contributed by atoms with E-state index in [1.54, 1.807) is 0 Å². The number of nitrogens with one attached hydrogen (secondary N) is 1. The summed E-state index contributed by atoms with van der Waals surface area (Å²) >= 11 is 0. The summed E-state index contributed by atoms with van der Waals surface area (Å²) in [4.78, 5) is 4.54. The smallest absolute Gasteiger partial charge is 0.243 e. The Balaban J connectivity index is 1.68. The van der Waals surface area contributed by atoms with E-state index in [0.717, 1.165) is 5.82 Å². The van der Waals surface area contributed by atoms with Crippen LogP contribution in [-0.2, 0) is 0 Å². The van der Waals surface area contributed by atoms with Crippen molar-refractivity contribution in [3.8, 4) is 0 Å². The van der Waals surface area contributed by atoms with Gasteiger partial charge in [0, 0.05) is 12.5 Å². The van der Waals surface area contributed by atoms with Crippen molar-refractivity contribution in [2.24, 2.45) is 0 Å². The maximum atomic E-state index is 9.50. The summed E-state index contributed by atoms with van der Waals surface area (Å²) in [6, 6.07) is 0.0343. The number of hydrogen-bond donors (Lipinski definition) is 2. The monoisotopic (exact) mass is 251 g/mol. The molecule has 1 aromatic rings. The Morgan fingerprint density at radius 3 is 2.61 bits per heavy atom. The van der Waals surface area contributed by atoms with Crippen LogP contribution in [0.2, 0.25) is 0 Å². The molecule has 5 nitrogen and oxygen atoms in total. The van der Waals surface area contributed by atoms with Crippen molar-refractivity contribution in [1.82, 2.24) is 15.5 Å². The molecular weight excluding hydrogens is 230 g/mol. The third-order valence-electron chi connectivity index (χ3n) is 4.08. The molecule has 0 spiro atoms. The molecule has 0 bridgehead atoms. The molecule has 1 saturated heterocycles. The molecule has 2 fully saturated rings. The van der Waals surface area contributed by atoms with Gasteiger partial charge in [0.25, 0.3) is 0 Å². The van der Waals surface area contributed by atoms with Crippen molar-refractivity contribution in [2.75, 3.05) is 6.54 Å². The molecule has 100 valence electrons. The quantitative estimate of drug-likeness (QED) is 0.786. The summed E-state index contributed by atoms with van der Waals surface area (Å²) in [5, 5.41) is 16.8. The molecule has 0 amide bonds. The van der Waals surface area contributed by atoms with Crippen LogP contribution >= 0.6 is 0 Å². The Bertz CT molecular complexity index is 385. The minimum Gasteiger partial charge on any atom is -0.392 e. The van der Waals surface area contributed by atoms with Crippen molar-refractivity contribution in [3.63, 3.8) is 0 Å². The fourth-order valence-electron chi connectivity index (χ4n) is 3.00. The maximum Gasteiger partial charge on any atom is 0.243 e. The predicted molar refractivity (Wildman–Crippen MR) is 66.1 cm³/mol. The first-order chi connectivity index (χ1) is 8.83. The van der Waals surface area contributed by atoms with E-state index in [9.17, 15) is 5.11 Å². The van der Waals surface area contributed by atoms with Crippen molar-refractivity contribution in [1.29, 1.82) is 0 Å². The molecule has 1 saturated carbocycles. The lowest BCUT2D eigenvalue weighted by molar-refractivity contribution is 0.191. The van der Waals surface area contributed by atoms with E-state index in [-0.39, 0.29) is 12.1 Å². The SMILES string of the molecule is O[C@@H]1CN[C@@H](c2nc(C3CCCCCC3)no2)C1. The second-order valence-electron chi connectivity index (χ2n) is 5.53. The Kier molecular flexibility index (Phi) is 3.61. The number of hydrogen-bond acceptors (Lipinski definition) is 5. The first kappa shape index (κ1) is 12.1. The number of rotatable bonds is 2. The van der Waals surface area contributed by atoms with Gasteiger partial charge in [-0.15, -0.1) is 0 Å². The van der Waals surface area contributed by atoms with Gasteiger partial charge in [-0.3, -0.25) is 0 Å². The molecule has 2 atom stereocenters. The minimum absolute atomic E-state index is 0.0343. The zero-order valence-electron chi connectivity index (χ0n) is 10.6. The molecular formula is C13H21N3O2. The molecule has 18 heavy (non-hydrogen) atoms. The van der Waals surface area contributed by atoms with Crippen molar-refractivity contribution < 1.29 is 9.63 Å². The Hall–Kier alpha value is -0.940. The number of aliphatic hydroxyl groups is 1. The van der Waals surface area contributed by atoms with E-state index in [0.29, 0.717) is 24.8 Å². The summed E-state index contributed by atoms with van der Waals surface area (Å²) in [5.74, 6) is 1.98. The second kappa shape index (κ2) is 5.36. The van der Waals surface area contributed by atoms with Gasteiger partial charge in [0.05, 0.1) is 12.1 Å². The van der Waals surface area contributed by atoms with E-state index in [1.165, 1.54) is 38.5 Å². The molecule has 1 aliphatic heterocycles. The van der Waals surface area contributed by atoms with Gasteiger partial charge in [-0.25, -0.2) is 0 Å². The first-order valence-corrected chi connectivity index (χ1v) is 7.08. The highest BCUT2D eigenvalue weighted by molar-refractivity contribution is 5.01. The first-order valence-electron chi connectivity index (χ1n) is 7.08. The molecule has 3 rings (SSSR count). The molecule has 5 heteroatoms. The molecule has 1 aromatic heterocycles. The zero-order valence-corrected chi connectivity index (χ0v) is 10.6. The van der Waals surface area contributed by atoms with Gasteiger partial charge in [-0.05, 0) is 19.3 Å². The van der Waals surface area contributed by atoms with Gasteiger partial charge >= 0.3 is 0 Å². The summed E-state index contributed by atoms with van der Waals surface area (Å²) in [5.41, 5.74) is 0. The van der Waals surface area contributed by atoms with Crippen LogP contribution < -0.4 is 5.32 Å². The van der Waals surface area contributed by atoms with Crippen LogP contribution in [0, 0.1) is 0 Å². The minimum atomic E-state index is -0.289. The highest BCUT2D eigenvalue weighted by Gasteiger charge is 2.29. The fraction of sp³-hybridized carbons (Fsp3) is 0.846. The van der Waals surface area contributed by atoms with E-state index >= 15 is 0 Å². The second-order valence-corrected chi connectivity index (χ2v) is 5.53. The Morgan fingerprint density at radius 1 is 1.17 bits per heavy atom. The average Bonchev–Trinajstić information content (AvgIpc) is 2.92.